The van der Waals surface area contributed by atoms with Crippen molar-refractivity contribution in [1.29, 1.82) is 0 Å². The Balaban J connectivity index is 2.47. The van der Waals surface area contributed by atoms with Crippen LogP contribution in [0.2, 0.25) is 0 Å². The van der Waals surface area contributed by atoms with Gasteiger partial charge in [-0.05, 0) is 40.8 Å². The summed E-state index contributed by atoms with van der Waals surface area (Å²) in [7, 11) is 0. The number of aliphatic carboxylic acids is 1. The van der Waals surface area contributed by atoms with Crippen molar-refractivity contribution in [1.82, 2.24) is 4.90 Å². The molecule has 0 aromatic carbocycles. The zero-order chi connectivity index (χ0) is 15.6. The molecule has 1 saturated heterocycles. The van der Waals surface area contributed by atoms with Crippen molar-refractivity contribution in [2.75, 3.05) is 6.54 Å². The van der Waals surface area contributed by atoms with Crippen LogP contribution in [0.3, 0.4) is 0 Å². The van der Waals surface area contributed by atoms with Gasteiger partial charge in [-0.1, -0.05) is 13.8 Å². The molecule has 1 aromatic heterocycles. The van der Waals surface area contributed by atoms with Gasteiger partial charge in [-0.15, -0.1) is 0 Å². The Kier molecular flexibility index (Phi) is 5.08. The molecule has 1 fully saturated rings. The molecule has 1 aliphatic heterocycles. The van der Waals surface area contributed by atoms with E-state index in [0.29, 0.717) is 36.0 Å². The van der Waals surface area contributed by atoms with E-state index in [-0.39, 0.29) is 11.8 Å². The molecule has 116 valence electrons. The van der Waals surface area contributed by atoms with Crippen molar-refractivity contribution < 1.29 is 19.1 Å². The first-order valence-electron chi connectivity index (χ1n) is 7.17. The van der Waals surface area contributed by atoms with Crippen LogP contribution in [0.4, 0.5) is 0 Å². The van der Waals surface area contributed by atoms with E-state index < -0.39 is 17.9 Å². The van der Waals surface area contributed by atoms with Gasteiger partial charge in [-0.25, -0.2) is 0 Å². The van der Waals surface area contributed by atoms with Crippen molar-refractivity contribution in [3.05, 3.63) is 22.6 Å². The Morgan fingerprint density at radius 3 is 2.81 bits per heavy atom. The molecular formula is C15H20BrNO4. The molecular weight excluding hydrogens is 338 g/mol. The Labute approximate surface area is 132 Å². The van der Waals surface area contributed by atoms with Crippen molar-refractivity contribution >= 4 is 27.8 Å². The Hall–Kier alpha value is -1.30. The number of hydrogen-bond acceptors (Lipinski definition) is 3. The Morgan fingerprint density at radius 1 is 1.57 bits per heavy atom. The van der Waals surface area contributed by atoms with E-state index in [1.54, 1.807) is 11.0 Å². The van der Waals surface area contributed by atoms with Gasteiger partial charge in [-0.2, -0.15) is 0 Å². The predicted molar refractivity (Wildman–Crippen MR) is 80.7 cm³/mol. The summed E-state index contributed by atoms with van der Waals surface area (Å²) in [4.78, 5) is 25.8. The highest BCUT2D eigenvalue weighted by molar-refractivity contribution is 9.10. The molecule has 0 bridgehead atoms. The maximum atomic E-state index is 12.4. The van der Waals surface area contributed by atoms with Crippen molar-refractivity contribution in [3.63, 3.8) is 0 Å². The van der Waals surface area contributed by atoms with E-state index in [1.165, 1.54) is 6.26 Å². The second-order valence-electron chi connectivity index (χ2n) is 5.85. The molecule has 0 saturated carbocycles. The van der Waals surface area contributed by atoms with Crippen molar-refractivity contribution in [2.45, 2.75) is 39.2 Å². The topological polar surface area (TPSA) is 70.8 Å². The third-order valence-electron chi connectivity index (χ3n) is 3.74. The summed E-state index contributed by atoms with van der Waals surface area (Å²) in [6.45, 7) is 4.56. The van der Waals surface area contributed by atoms with Crippen LogP contribution < -0.4 is 0 Å². The van der Waals surface area contributed by atoms with Crippen molar-refractivity contribution in [3.8, 4) is 0 Å². The molecule has 0 radical (unpaired) electrons. The maximum Gasteiger partial charge on any atom is 0.309 e. The number of nitrogens with zero attached hydrogens (tertiary/aromatic N) is 1. The molecule has 1 N–H and O–H groups in total. The van der Waals surface area contributed by atoms with Gasteiger partial charge in [0.05, 0.1) is 16.7 Å². The quantitative estimate of drug-likeness (QED) is 0.895. The maximum absolute atomic E-state index is 12.4. The first-order chi connectivity index (χ1) is 9.91. The van der Waals surface area contributed by atoms with E-state index in [9.17, 15) is 14.7 Å². The molecule has 1 aromatic rings. The minimum Gasteiger partial charge on any atom is -0.481 e. The van der Waals surface area contributed by atoms with Gasteiger partial charge in [0.15, 0.2) is 0 Å². The highest BCUT2D eigenvalue weighted by Crippen LogP contribution is 2.39. The molecule has 21 heavy (non-hydrogen) atoms. The number of carbonyl (C=O) groups is 2. The summed E-state index contributed by atoms with van der Waals surface area (Å²) in [5.41, 5.74) is 0. The van der Waals surface area contributed by atoms with Gasteiger partial charge in [0.25, 0.3) is 0 Å². The fourth-order valence-corrected chi connectivity index (χ4v) is 3.29. The highest BCUT2D eigenvalue weighted by atomic mass is 79.9. The van der Waals surface area contributed by atoms with Crippen LogP contribution in [0.25, 0.3) is 0 Å². The van der Waals surface area contributed by atoms with E-state index in [0.717, 1.165) is 0 Å². The summed E-state index contributed by atoms with van der Waals surface area (Å²) >= 11 is 3.39. The Bertz CT molecular complexity index is 525. The number of rotatable bonds is 4. The zero-order valence-corrected chi connectivity index (χ0v) is 13.8. The second kappa shape index (κ2) is 6.64. The molecule has 2 atom stereocenters. The van der Waals surface area contributed by atoms with Crippen LogP contribution in [-0.2, 0) is 9.59 Å². The number of furan rings is 1. The van der Waals surface area contributed by atoms with Gasteiger partial charge < -0.3 is 14.4 Å². The van der Waals surface area contributed by atoms with Crippen LogP contribution in [0, 0.1) is 11.8 Å². The fourth-order valence-electron chi connectivity index (χ4n) is 2.86. The highest BCUT2D eigenvalue weighted by Gasteiger charge is 2.41. The second-order valence-corrected chi connectivity index (χ2v) is 6.71. The predicted octanol–water partition coefficient (Wildman–Crippen LogP) is 3.45. The van der Waals surface area contributed by atoms with Crippen LogP contribution >= 0.6 is 15.9 Å². The van der Waals surface area contributed by atoms with E-state index >= 15 is 0 Å². The molecule has 6 heteroatoms. The van der Waals surface area contributed by atoms with Gasteiger partial charge >= 0.3 is 5.97 Å². The number of halogens is 1. The normalized spacial score (nSPS) is 23.4. The number of carboxylic acid groups (broad SMARTS) is 1. The summed E-state index contributed by atoms with van der Waals surface area (Å²) in [6.07, 6.45) is 2.99. The van der Waals surface area contributed by atoms with Gasteiger partial charge in [0, 0.05) is 13.0 Å². The molecule has 2 heterocycles. The largest absolute Gasteiger partial charge is 0.481 e. The van der Waals surface area contributed by atoms with Gasteiger partial charge in [-0.3, -0.25) is 9.59 Å². The third kappa shape index (κ3) is 3.48. The minimum absolute atomic E-state index is 0.000694. The molecule has 1 amide bonds. The lowest BCUT2D eigenvalue weighted by Crippen LogP contribution is -2.41. The Morgan fingerprint density at radius 2 is 2.29 bits per heavy atom. The molecule has 5 nitrogen and oxygen atoms in total. The monoisotopic (exact) mass is 357 g/mol. The summed E-state index contributed by atoms with van der Waals surface area (Å²) in [6, 6.07) is 1.18. The number of likely N-dealkylation sites (tertiary alicyclic amines) is 1. The first kappa shape index (κ1) is 16.1. The van der Waals surface area contributed by atoms with E-state index in [2.05, 4.69) is 15.9 Å². The van der Waals surface area contributed by atoms with Crippen LogP contribution in [0.1, 0.15) is 44.9 Å². The minimum atomic E-state index is -0.883. The lowest BCUT2D eigenvalue weighted by atomic mass is 9.92. The fraction of sp³-hybridized carbons (Fsp3) is 0.600. The number of carboxylic acids is 1. The van der Waals surface area contributed by atoms with Gasteiger partial charge in [0.2, 0.25) is 5.91 Å². The third-order valence-corrected chi connectivity index (χ3v) is 4.39. The summed E-state index contributed by atoms with van der Waals surface area (Å²) < 4.78 is 6.21. The molecule has 1 aliphatic rings. The lowest BCUT2D eigenvalue weighted by molar-refractivity contribution is -0.146. The number of amides is 1. The molecule has 2 unspecified atom stereocenters. The average molecular weight is 358 g/mol. The lowest BCUT2D eigenvalue weighted by Gasteiger charge is -2.33. The van der Waals surface area contributed by atoms with Crippen LogP contribution in [0.15, 0.2) is 21.2 Å². The molecule has 0 spiro atoms. The van der Waals surface area contributed by atoms with E-state index in [4.69, 9.17) is 4.42 Å². The standard InChI is InChI=1S/C15H20BrNO4/c1-9(2)8-17-12(18)5-3-4-10(15(19)20)13(17)14-11(16)6-7-21-14/h6-7,9-10,13H,3-5,8H2,1-2H3,(H,19,20). The van der Waals surface area contributed by atoms with E-state index in [1.807, 2.05) is 13.8 Å². The number of hydrogen-bond donors (Lipinski definition) is 1. The summed E-state index contributed by atoms with van der Waals surface area (Å²) in [5, 5.41) is 9.57. The zero-order valence-electron chi connectivity index (χ0n) is 12.2. The summed E-state index contributed by atoms with van der Waals surface area (Å²) in [5.74, 6) is -0.735. The van der Waals surface area contributed by atoms with Gasteiger partial charge in [0.1, 0.15) is 11.8 Å². The smallest absolute Gasteiger partial charge is 0.309 e. The van der Waals surface area contributed by atoms with Crippen LogP contribution in [-0.4, -0.2) is 28.4 Å². The molecule has 0 aliphatic carbocycles. The first-order valence-corrected chi connectivity index (χ1v) is 7.96. The van der Waals surface area contributed by atoms with Crippen molar-refractivity contribution in [2.24, 2.45) is 11.8 Å². The number of carbonyl (C=O) groups excluding carboxylic acids is 1. The average Bonchev–Trinajstić information content (AvgIpc) is 2.74. The SMILES string of the molecule is CC(C)CN1C(=O)CCCC(C(=O)O)C1c1occc1Br. The molecule has 2 rings (SSSR count). The van der Waals surface area contributed by atoms with Crippen LogP contribution in [0.5, 0.6) is 0 Å².